The molecule has 0 spiro atoms. The number of ether oxygens (including phenoxy) is 1. The van der Waals surface area contributed by atoms with Crippen LogP contribution in [0, 0.1) is 11.3 Å². The SMILES string of the molecule is O=C(Nc1ccc(Cl)cc1OC(F)F)N1C[C@@H]2CCC[C@@]2(C(=O)O)C1. The fourth-order valence-corrected chi connectivity index (χ4v) is 3.94. The van der Waals surface area contributed by atoms with Crippen LogP contribution >= 0.6 is 11.6 Å². The number of carbonyl (C=O) groups is 2. The van der Waals surface area contributed by atoms with Crippen LogP contribution < -0.4 is 10.1 Å². The van der Waals surface area contributed by atoms with Gasteiger partial charge in [0.25, 0.3) is 0 Å². The first-order valence-corrected chi connectivity index (χ1v) is 8.23. The lowest BCUT2D eigenvalue weighted by Gasteiger charge is -2.23. The van der Waals surface area contributed by atoms with Crippen molar-refractivity contribution in [2.75, 3.05) is 18.4 Å². The highest BCUT2D eigenvalue weighted by Crippen LogP contribution is 2.49. The monoisotopic (exact) mass is 374 g/mol. The van der Waals surface area contributed by atoms with Gasteiger partial charge in [-0.15, -0.1) is 0 Å². The first kappa shape index (κ1) is 17.7. The van der Waals surface area contributed by atoms with Crippen LogP contribution in [0.4, 0.5) is 19.3 Å². The Labute approximate surface area is 147 Å². The maximum atomic E-state index is 12.5. The molecule has 9 heteroatoms. The lowest BCUT2D eigenvalue weighted by Crippen LogP contribution is -2.38. The molecule has 0 unspecified atom stereocenters. The number of amides is 2. The van der Waals surface area contributed by atoms with Gasteiger partial charge in [0, 0.05) is 24.2 Å². The Balaban J connectivity index is 1.75. The number of benzene rings is 1. The zero-order valence-electron chi connectivity index (χ0n) is 13.2. The number of carboxylic acid groups (broad SMARTS) is 1. The van der Waals surface area contributed by atoms with E-state index in [1.165, 1.54) is 23.1 Å². The number of nitrogens with zero attached hydrogens (tertiary/aromatic N) is 1. The molecule has 2 atom stereocenters. The van der Waals surface area contributed by atoms with E-state index in [2.05, 4.69) is 10.1 Å². The third-order valence-electron chi connectivity index (χ3n) is 4.99. The zero-order valence-corrected chi connectivity index (χ0v) is 13.9. The Kier molecular flexibility index (Phi) is 4.73. The van der Waals surface area contributed by atoms with Crippen molar-refractivity contribution in [3.8, 4) is 5.75 Å². The Morgan fingerprint density at radius 1 is 1.44 bits per heavy atom. The predicted octanol–water partition coefficient (Wildman–Crippen LogP) is 3.66. The molecule has 1 aliphatic heterocycles. The predicted molar refractivity (Wildman–Crippen MR) is 86.1 cm³/mol. The number of anilines is 1. The van der Waals surface area contributed by atoms with Crippen molar-refractivity contribution in [2.45, 2.75) is 25.9 Å². The standard InChI is InChI=1S/C16H17ClF2N2O4/c17-10-3-4-11(12(6-10)25-14(18)19)20-15(24)21-7-9-2-1-5-16(9,8-21)13(22)23/h3-4,6,9,14H,1-2,5,7-8H2,(H,20,24)(H,22,23)/t9-,16+/m0/s1. The van der Waals surface area contributed by atoms with E-state index in [0.29, 0.717) is 13.0 Å². The van der Waals surface area contributed by atoms with Crippen LogP contribution in [0.25, 0.3) is 0 Å². The van der Waals surface area contributed by atoms with E-state index in [1.54, 1.807) is 0 Å². The van der Waals surface area contributed by atoms with E-state index in [9.17, 15) is 23.5 Å². The molecule has 6 nitrogen and oxygen atoms in total. The molecule has 1 saturated carbocycles. The van der Waals surface area contributed by atoms with Gasteiger partial charge in [-0.05, 0) is 30.9 Å². The molecule has 2 aliphatic rings. The van der Waals surface area contributed by atoms with Crippen LogP contribution in [0.3, 0.4) is 0 Å². The van der Waals surface area contributed by atoms with Gasteiger partial charge in [0.15, 0.2) is 5.75 Å². The van der Waals surface area contributed by atoms with E-state index in [-0.39, 0.29) is 28.9 Å². The van der Waals surface area contributed by atoms with Crippen molar-refractivity contribution in [1.82, 2.24) is 4.90 Å². The molecule has 1 heterocycles. The van der Waals surface area contributed by atoms with E-state index in [0.717, 1.165) is 12.8 Å². The molecule has 25 heavy (non-hydrogen) atoms. The molecule has 0 bridgehead atoms. The number of hydrogen-bond acceptors (Lipinski definition) is 3. The van der Waals surface area contributed by atoms with Gasteiger partial charge in [-0.25, -0.2) is 4.79 Å². The summed E-state index contributed by atoms with van der Waals surface area (Å²) in [5, 5.41) is 12.3. The second-order valence-corrected chi connectivity index (χ2v) is 6.82. The fraction of sp³-hybridized carbons (Fsp3) is 0.500. The molecule has 0 radical (unpaired) electrons. The number of aliphatic carboxylic acids is 1. The van der Waals surface area contributed by atoms with E-state index in [4.69, 9.17) is 11.6 Å². The lowest BCUT2D eigenvalue weighted by atomic mass is 9.81. The van der Waals surface area contributed by atoms with Crippen LogP contribution in [0.5, 0.6) is 5.75 Å². The molecule has 2 N–H and O–H groups in total. The van der Waals surface area contributed by atoms with Gasteiger partial charge < -0.3 is 20.1 Å². The van der Waals surface area contributed by atoms with Crippen molar-refractivity contribution < 1.29 is 28.2 Å². The normalized spacial score (nSPS) is 25.1. The van der Waals surface area contributed by atoms with Crippen LogP contribution in [0.2, 0.25) is 5.02 Å². The van der Waals surface area contributed by atoms with Crippen LogP contribution in [-0.4, -0.2) is 41.7 Å². The molecule has 136 valence electrons. The Hall–Kier alpha value is -2.09. The summed E-state index contributed by atoms with van der Waals surface area (Å²) in [5.74, 6) is -1.22. The van der Waals surface area contributed by atoms with E-state index >= 15 is 0 Å². The molecule has 1 aromatic rings. The molecule has 2 fully saturated rings. The van der Waals surface area contributed by atoms with Gasteiger partial charge in [-0.3, -0.25) is 4.79 Å². The number of alkyl halides is 2. The van der Waals surface area contributed by atoms with Crippen molar-refractivity contribution >= 4 is 29.3 Å². The minimum atomic E-state index is -3.06. The maximum Gasteiger partial charge on any atom is 0.387 e. The number of rotatable bonds is 4. The summed E-state index contributed by atoms with van der Waals surface area (Å²) in [6.45, 7) is -2.62. The third kappa shape index (κ3) is 3.35. The third-order valence-corrected chi connectivity index (χ3v) is 5.22. The molecule has 1 aliphatic carbocycles. The average Bonchev–Trinajstić information content (AvgIpc) is 3.07. The summed E-state index contributed by atoms with van der Waals surface area (Å²) in [4.78, 5) is 25.6. The van der Waals surface area contributed by atoms with Gasteiger partial charge in [-0.2, -0.15) is 8.78 Å². The van der Waals surface area contributed by atoms with Crippen LogP contribution in [0.1, 0.15) is 19.3 Å². The van der Waals surface area contributed by atoms with Gasteiger partial charge in [-0.1, -0.05) is 18.0 Å². The van der Waals surface area contributed by atoms with Gasteiger partial charge in [0.05, 0.1) is 11.1 Å². The van der Waals surface area contributed by atoms with Crippen molar-refractivity contribution in [2.24, 2.45) is 11.3 Å². The molecular weight excluding hydrogens is 358 g/mol. The summed E-state index contributed by atoms with van der Waals surface area (Å²) in [6.07, 6.45) is 2.13. The van der Waals surface area contributed by atoms with Gasteiger partial charge in [0.1, 0.15) is 0 Å². The quantitative estimate of drug-likeness (QED) is 0.843. The topological polar surface area (TPSA) is 78.9 Å². The molecule has 0 aromatic heterocycles. The Morgan fingerprint density at radius 3 is 2.84 bits per heavy atom. The molecule has 2 amide bonds. The van der Waals surface area contributed by atoms with Gasteiger partial charge >= 0.3 is 18.6 Å². The second kappa shape index (κ2) is 6.67. The summed E-state index contributed by atoms with van der Waals surface area (Å²) in [6, 6.07) is 3.44. The number of hydrogen-bond donors (Lipinski definition) is 2. The number of urea groups is 1. The lowest BCUT2D eigenvalue weighted by molar-refractivity contribution is -0.149. The molecule has 3 rings (SSSR count). The minimum Gasteiger partial charge on any atom is -0.481 e. The number of nitrogens with one attached hydrogen (secondary N) is 1. The number of halogens is 3. The largest absolute Gasteiger partial charge is 0.481 e. The summed E-state index contributed by atoms with van der Waals surface area (Å²) in [7, 11) is 0. The minimum absolute atomic E-state index is 0.0520. The Morgan fingerprint density at radius 2 is 2.20 bits per heavy atom. The Bertz CT molecular complexity index is 703. The molecule has 1 saturated heterocycles. The first-order chi connectivity index (χ1) is 11.8. The maximum absolute atomic E-state index is 12.5. The van der Waals surface area contributed by atoms with E-state index < -0.39 is 24.0 Å². The number of carboxylic acids is 1. The average molecular weight is 375 g/mol. The summed E-state index contributed by atoms with van der Waals surface area (Å²) >= 11 is 5.77. The molecule has 1 aromatic carbocycles. The van der Waals surface area contributed by atoms with Gasteiger partial charge in [0.2, 0.25) is 0 Å². The first-order valence-electron chi connectivity index (χ1n) is 7.85. The number of likely N-dealkylation sites (tertiary alicyclic amines) is 1. The highest BCUT2D eigenvalue weighted by atomic mass is 35.5. The van der Waals surface area contributed by atoms with Crippen molar-refractivity contribution in [3.63, 3.8) is 0 Å². The summed E-state index contributed by atoms with van der Waals surface area (Å²) < 4.78 is 29.4. The molecular formula is C16H17ClF2N2O4. The fourth-order valence-electron chi connectivity index (χ4n) is 3.78. The summed E-state index contributed by atoms with van der Waals surface area (Å²) in [5.41, 5.74) is -0.851. The van der Waals surface area contributed by atoms with Crippen LogP contribution in [-0.2, 0) is 4.79 Å². The zero-order chi connectivity index (χ0) is 18.2. The number of carbonyl (C=O) groups excluding carboxylic acids is 1. The van der Waals surface area contributed by atoms with Crippen LogP contribution in [0.15, 0.2) is 18.2 Å². The smallest absolute Gasteiger partial charge is 0.387 e. The highest BCUT2D eigenvalue weighted by Gasteiger charge is 2.55. The van der Waals surface area contributed by atoms with E-state index in [1.807, 2.05) is 0 Å². The highest BCUT2D eigenvalue weighted by molar-refractivity contribution is 6.30. The van der Waals surface area contributed by atoms with Crippen molar-refractivity contribution in [1.29, 1.82) is 0 Å². The second-order valence-electron chi connectivity index (χ2n) is 6.38. The van der Waals surface area contributed by atoms with Crippen molar-refractivity contribution in [3.05, 3.63) is 23.2 Å². The number of fused-ring (bicyclic) bond motifs is 1.